The third-order valence-corrected chi connectivity index (χ3v) is 6.83. The number of nitrogens with zero attached hydrogens (tertiary/aromatic N) is 4. The summed E-state index contributed by atoms with van der Waals surface area (Å²) in [5.41, 5.74) is 2.86. The summed E-state index contributed by atoms with van der Waals surface area (Å²) in [6.07, 6.45) is 9.76. The van der Waals surface area contributed by atoms with Gasteiger partial charge in [-0.2, -0.15) is 9.97 Å². The molecule has 2 fully saturated rings. The molecule has 2 saturated carbocycles. The number of anilines is 3. The Hall–Kier alpha value is -2.62. The maximum atomic E-state index is 12.0. The lowest BCUT2D eigenvalue weighted by Gasteiger charge is -2.26. The Kier molecular flexibility index (Phi) is 9.76. The van der Waals surface area contributed by atoms with Crippen LogP contribution in [0.1, 0.15) is 74.7 Å². The molecule has 0 radical (unpaired) electrons. The summed E-state index contributed by atoms with van der Waals surface area (Å²) in [4.78, 5) is 26.3. The highest BCUT2D eigenvalue weighted by atomic mass is 35.5. The Morgan fingerprint density at radius 2 is 1.75 bits per heavy atom. The number of hydrogen-bond donors (Lipinski definition) is 3. The fourth-order valence-electron chi connectivity index (χ4n) is 4.96. The molecule has 11 heteroatoms. The van der Waals surface area contributed by atoms with Crippen molar-refractivity contribution in [1.82, 2.24) is 19.5 Å². The number of imidazole rings is 1. The number of esters is 1. The van der Waals surface area contributed by atoms with Crippen molar-refractivity contribution in [3.8, 4) is 0 Å². The molecule has 2 aliphatic rings. The monoisotopic (exact) mass is 536 g/mol. The molecule has 2 heterocycles. The van der Waals surface area contributed by atoms with Crippen LogP contribution in [0.5, 0.6) is 0 Å². The van der Waals surface area contributed by atoms with Crippen molar-refractivity contribution in [2.45, 2.75) is 76.5 Å². The summed E-state index contributed by atoms with van der Waals surface area (Å²) in [5.74, 6) is 0.862. The third-order valence-electron chi connectivity index (χ3n) is 6.83. The summed E-state index contributed by atoms with van der Waals surface area (Å²) in [6, 6.07) is 7.80. The van der Waals surface area contributed by atoms with Gasteiger partial charge in [0.25, 0.3) is 0 Å². The average Bonchev–Trinajstić information content (AvgIpc) is 3.51. The molecule has 196 valence electrons. The van der Waals surface area contributed by atoms with E-state index in [2.05, 4.69) is 20.2 Å². The SMILES string of the molecule is CCOC(=O)c1ccc(Nc2nc(NC3CCC(O)CC3)nc3c2ncn3C2CCCC2)cc1.Cl.Cl. The van der Waals surface area contributed by atoms with Crippen LogP contribution in [0.4, 0.5) is 17.5 Å². The van der Waals surface area contributed by atoms with E-state index in [9.17, 15) is 9.90 Å². The van der Waals surface area contributed by atoms with Crippen molar-refractivity contribution in [1.29, 1.82) is 0 Å². The second kappa shape index (κ2) is 12.6. The van der Waals surface area contributed by atoms with E-state index >= 15 is 0 Å². The number of carbonyl (C=O) groups is 1. The van der Waals surface area contributed by atoms with Crippen LogP contribution < -0.4 is 10.6 Å². The topological polar surface area (TPSA) is 114 Å². The van der Waals surface area contributed by atoms with E-state index in [0.29, 0.717) is 30.0 Å². The number of benzene rings is 1. The Morgan fingerprint density at radius 1 is 1.06 bits per heavy atom. The van der Waals surface area contributed by atoms with Gasteiger partial charge in [0.15, 0.2) is 17.0 Å². The molecule has 1 aromatic carbocycles. The normalized spacial score (nSPS) is 19.8. The summed E-state index contributed by atoms with van der Waals surface area (Å²) in [6.45, 7) is 2.14. The maximum Gasteiger partial charge on any atom is 0.338 e. The quantitative estimate of drug-likeness (QED) is 0.343. The molecule has 5 rings (SSSR count). The van der Waals surface area contributed by atoms with E-state index in [1.165, 1.54) is 12.8 Å². The van der Waals surface area contributed by atoms with E-state index < -0.39 is 0 Å². The van der Waals surface area contributed by atoms with Crippen LogP contribution in [0.3, 0.4) is 0 Å². The zero-order valence-corrected chi connectivity index (χ0v) is 22.0. The van der Waals surface area contributed by atoms with Gasteiger partial charge in [-0.05, 0) is 69.7 Å². The van der Waals surface area contributed by atoms with Crippen molar-refractivity contribution in [2.24, 2.45) is 0 Å². The van der Waals surface area contributed by atoms with Gasteiger partial charge in [0, 0.05) is 17.8 Å². The van der Waals surface area contributed by atoms with Crippen LogP contribution in [-0.2, 0) is 4.74 Å². The molecular formula is C25H34Cl2N6O3. The highest BCUT2D eigenvalue weighted by Gasteiger charge is 2.24. The fraction of sp³-hybridized carbons (Fsp3) is 0.520. The third kappa shape index (κ3) is 6.19. The van der Waals surface area contributed by atoms with Gasteiger partial charge in [-0.1, -0.05) is 12.8 Å². The largest absolute Gasteiger partial charge is 0.462 e. The van der Waals surface area contributed by atoms with Crippen molar-refractivity contribution >= 4 is 59.4 Å². The van der Waals surface area contributed by atoms with Crippen LogP contribution in [0.25, 0.3) is 11.2 Å². The van der Waals surface area contributed by atoms with E-state index in [1.807, 2.05) is 18.5 Å². The smallest absolute Gasteiger partial charge is 0.338 e. The lowest BCUT2D eigenvalue weighted by molar-refractivity contribution is 0.0526. The Labute approximate surface area is 223 Å². The van der Waals surface area contributed by atoms with Crippen molar-refractivity contribution in [3.63, 3.8) is 0 Å². The fourth-order valence-corrected chi connectivity index (χ4v) is 4.96. The van der Waals surface area contributed by atoms with E-state index in [-0.39, 0.29) is 42.9 Å². The predicted molar refractivity (Wildman–Crippen MR) is 145 cm³/mol. The minimum Gasteiger partial charge on any atom is -0.462 e. The predicted octanol–water partition coefficient (Wildman–Crippen LogP) is 5.42. The average molecular weight is 537 g/mol. The number of ether oxygens (including phenoxy) is 1. The first-order valence-corrected chi connectivity index (χ1v) is 12.3. The van der Waals surface area contributed by atoms with Crippen LogP contribution in [-0.4, -0.2) is 49.3 Å². The first kappa shape index (κ1) is 28.0. The Balaban J connectivity index is 0.00000180. The minimum atomic E-state index is -0.335. The first-order chi connectivity index (χ1) is 16.6. The van der Waals surface area contributed by atoms with Gasteiger partial charge < -0.3 is 25.0 Å². The van der Waals surface area contributed by atoms with Gasteiger partial charge in [-0.3, -0.25) is 0 Å². The lowest BCUT2D eigenvalue weighted by atomic mass is 9.93. The number of aliphatic hydroxyl groups excluding tert-OH is 1. The molecule has 0 unspecified atom stereocenters. The summed E-state index contributed by atoms with van der Waals surface area (Å²) in [5, 5.41) is 16.7. The standard InChI is InChI=1S/C25H32N6O3.2ClH/c1-2-34-24(33)16-7-9-17(10-8-16)27-22-21-23(31(15-26-21)19-5-3-4-6-19)30-25(29-22)28-18-11-13-20(32)14-12-18;;/h7-10,15,18-20,32H,2-6,11-14H2,1H3,(H2,27,28,29,30);2*1H. The molecule has 0 aliphatic heterocycles. The highest BCUT2D eigenvalue weighted by Crippen LogP contribution is 2.34. The van der Waals surface area contributed by atoms with Gasteiger partial charge in [0.05, 0.1) is 24.6 Å². The number of carbonyl (C=O) groups excluding carboxylic acids is 1. The van der Waals surface area contributed by atoms with Crippen LogP contribution in [0.2, 0.25) is 0 Å². The van der Waals surface area contributed by atoms with Crippen molar-refractivity contribution in [2.75, 3.05) is 17.2 Å². The molecule has 36 heavy (non-hydrogen) atoms. The minimum absolute atomic E-state index is 0. The Bertz CT molecular complexity index is 1140. The molecule has 0 bridgehead atoms. The van der Waals surface area contributed by atoms with Gasteiger partial charge in [0.1, 0.15) is 0 Å². The van der Waals surface area contributed by atoms with Gasteiger partial charge in [-0.15, -0.1) is 24.8 Å². The highest BCUT2D eigenvalue weighted by molar-refractivity contribution is 5.90. The van der Waals surface area contributed by atoms with Crippen molar-refractivity contribution in [3.05, 3.63) is 36.2 Å². The maximum absolute atomic E-state index is 12.0. The Morgan fingerprint density at radius 3 is 2.42 bits per heavy atom. The molecule has 0 spiro atoms. The lowest BCUT2D eigenvalue weighted by Crippen LogP contribution is -2.29. The molecule has 3 N–H and O–H groups in total. The van der Waals surface area contributed by atoms with E-state index in [0.717, 1.165) is 55.4 Å². The molecule has 3 aromatic rings. The molecule has 2 aromatic heterocycles. The zero-order valence-electron chi connectivity index (χ0n) is 20.4. The number of aromatic nitrogens is 4. The second-order valence-corrected chi connectivity index (χ2v) is 9.23. The zero-order chi connectivity index (χ0) is 23.5. The van der Waals surface area contributed by atoms with Crippen LogP contribution in [0, 0.1) is 0 Å². The van der Waals surface area contributed by atoms with Crippen LogP contribution >= 0.6 is 24.8 Å². The second-order valence-electron chi connectivity index (χ2n) is 9.23. The number of nitrogens with one attached hydrogen (secondary N) is 2. The van der Waals surface area contributed by atoms with Crippen LogP contribution in [0.15, 0.2) is 30.6 Å². The molecule has 0 atom stereocenters. The van der Waals surface area contributed by atoms with Gasteiger partial charge >= 0.3 is 5.97 Å². The molecule has 2 aliphatic carbocycles. The van der Waals surface area contributed by atoms with Crippen molar-refractivity contribution < 1.29 is 14.6 Å². The summed E-state index contributed by atoms with van der Waals surface area (Å²) in [7, 11) is 0. The number of rotatable bonds is 7. The summed E-state index contributed by atoms with van der Waals surface area (Å²) < 4.78 is 7.26. The van der Waals surface area contributed by atoms with Gasteiger partial charge in [-0.25, -0.2) is 9.78 Å². The molecule has 0 saturated heterocycles. The van der Waals surface area contributed by atoms with E-state index in [4.69, 9.17) is 14.7 Å². The first-order valence-electron chi connectivity index (χ1n) is 12.3. The summed E-state index contributed by atoms with van der Waals surface area (Å²) >= 11 is 0. The van der Waals surface area contributed by atoms with Gasteiger partial charge in [0.2, 0.25) is 5.95 Å². The number of hydrogen-bond acceptors (Lipinski definition) is 8. The molecule has 9 nitrogen and oxygen atoms in total. The molecule has 0 amide bonds. The van der Waals surface area contributed by atoms with E-state index in [1.54, 1.807) is 19.1 Å². The number of halogens is 2. The number of fused-ring (bicyclic) bond motifs is 1. The molecular weight excluding hydrogens is 503 g/mol. The number of aliphatic hydroxyl groups is 1.